The van der Waals surface area contributed by atoms with Gasteiger partial charge in [-0.05, 0) is 41.9 Å². The van der Waals surface area contributed by atoms with Gasteiger partial charge in [-0.3, -0.25) is 5.32 Å². The monoisotopic (exact) mass is 315 g/mol. The van der Waals surface area contributed by atoms with Crippen LogP contribution in [-0.2, 0) is 0 Å². The summed E-state index contributed by atoms with van der Waals surface area (Å²) in [7, 11) is 0. The highest BCUT2D eigenvalue weighted by atomic mass is 32.1. The molecular weight excluding hydrogens is 292 g/mol. The molecule has 0 saturated carbocycles. The van der Waals surface area contributed by atoms with Crippen molar-refractivity contribution >= 4 is 28.8 Å². The second-order valence-electron chi connectivity index (χ2n) is 5.36. The first-order chi connectivity index (χ1) is 10.6. The van der Waals surface area contributed by atoms with Crippen LogP contribution in [-0.4, -0.2) is 18.2 Å². The molecule has 1 aromatic carbocycles. The van der Waals surface area contributed by atoms with E-state index in [9.17, 15) is 0 Å². The van der Waals surface area contributed by atoms with E-state index in [1.54, 1.807) is 0 Å². The third kappa shape index (κ3) is 5.33. The Morgan fingerprint density at radius 2 is 1.86 bits per heavy atom. The highest BCUT2D eigenvalue weighted by Gasteiger charge is 2.02. The van der Waals surface area contributed by atoms with Crippen LogP contribution in [0.4, 0.5) is 11.5 Å². The summed E-state index contributed by atoms with van der Waals surface area (Å²) in [5.41, 5.74) is 2.33. The second-order valence-corrected chi connectivity index (χ2v) is 5.77. The van der Waals surface area contributed by atoms with Crippen LogP contribution in [0.1, 0.15) is 25.3 Å². The Balaban J connectivity index is 1.69. The predicted molar refractivity (Wildman–Crippen MR) is 96.2 cm³/mol. The van der Waals surface area contributed by atoms with Crippen molar-refractivity contribution in [2.45, 2.75) is 19.8 Å². The van der Waals surface area contributed by atoms with Crippen molar-refractivity contribution in [1.82, 2.24) is 5.32 Å². The molecule has 1 heterocycles. The molecular formula is C17H23N4S+. The largest absolute Gasteiger partial charge is 0.359 e. The first-order valence-electron chi connectivity index (χ1n) is 7.50. The van der Waals surface area contributed by atoms with Gasteiger partial charge in [-0.25, -0.2) is 4.98 Å². The van der Waals surface area contributed by atoms with Crippen LogP contribution in [0.5, 0.6) is 0 Å². The molecule has 0 spiro atoms. The molecule has 0 saturated heterocycles. The van der Waals surface area contributed by atoms with Crippen LogP contribution < -0.4 is 20.9 Å². The quantitative estimate of drug-likeness (QED) is 0.566. The number of H-pyrrole nitrogens is 1. The van der Waals surface area contributed by atoms with Crippen LogP contribution in [0.2, 0.25) is 0 Å². The SMILES string of the molecule is CC(C)c1ccc(NC(=S)NCCNc2cccc[nH+]2)cc1. The zero-order valence-corrected chi connectivity index (χ0v) is 13.8. The number of nitrogens with one attached hydrogen (secondary N) is 4. The van der Waals surface area contributed by atoms with Gasteiger partial charge in [0.25, 0.3) is 5.82 Å². The third-order valence-corrected chi connectivity index (χ3v) is 3.52. The summed E-state index contributed by atoms with van der Waals surface area (Å²) in [6, 6.07) is 14.3. The average Bonchev–Trinajstić information content (AvgIpc) is 2.53. The lowest BCUT2D eigenvalue weighted by Crippen LogP contribution is -2.33. The van der Waals surface area contributed by atoms with Crippen molar-refractivity contribution < 1.29 is 4.98 Å². The van der Waals surface area contributed by atoms with Gasteiger partial charge in [0.05, 0.1) is 12.7 Å². The lowest BCUT2D eigenvalue weighted by Gasteiger charge is -2.11. The molecule has 4 nitrogen and oxygen atoms in total. The summed E-state index contributed by atoms with van der Waals surface area (Å²) in [6.45, 7) is 5.91. The number of aromatic amines is 1. The van der Waals surface area contributed by atoms with Crippen LogP contribution in [0, 0.1) is 0 Å². The van der Waals surface area contributed by atoms with Gasteiger partial charge >= 0.3 is 0 Å². The van der Waals surface area contributed by atoms with E-state index in [-0.39, 0.29) is 0 Å². The molecule has 0 fully saturated rings. The molecule has 22 heavy (non-hydrogen) atoms. The van der Waals surface area contributed by atoms with Crippen molar-refractivity contribution in [3.05, 3.63) is 54.2 Å². The summed E-state index contributed by atoms with van der Waals surface area (Å²) < 4.78 is 0. The van der Waals surface area contributed by atoms with E-state index in [1.807, 2.05) is 24.4 Å². The molecule has 0 atom stereocenters. The van der Waals surface area contributed by atoms with E-state index in [0.717, 1.165) is 24.6 Å². The maximum atomic E-state index is 5.29. The Hall–Kier alpha value is -2.14. The molecule has 5 heteroatoms. The average molecular weight is 315 g/mol. The van der Waals surface area contributed by atoms with Crippen molar-refractivity contribution in [3.63, 3.8) is 0 Å². The van der Waals surface area contributed by atoms with Crippen LogP contribution >= 0.6 is 12.2 Å². The summed E-state index contributed by atoms with van der Waals surface area (Å²) >= 11 is 5.29. The van der Waals surface area contributed by atoms with E-state index in [2.05, 4.69) is 59.0 Å². The van der Waals surface area contributed by atoms with E-state index in [0.29, 0.717) is 11.0 Å². The Morgan fingerprint density at radius 1 is 1.09 bits per heavy atom. The standard InChI is InChI=1S/C17H22N4S/c1-13(2)14-6-8-15(9-7-14)21-17(22)20-12-11-19-16-5-3-4-10-18-16/h3-10,13H,11-12H2,1-2H3,(H,18,19)(H2,20,21,22)/p+1. The Labute approximate surface area is 137 Å². The number of benzene rings is 1. The lowest BCUT2D eigenvalue weighted by atomic mass is 10.0. The molecule has 0 amide bonds. The third-order valence-electron chi connectivity index (χ3n) is 3.27. The molecule has 2 aromatic rings. The van der Waals surface area contributed by atoms with Crippen molar-refractivity contribution in [2.75, 3.05) is 23.7 Å². The zero-order valence-electron chi connectivity index (χ0n) is 13.0. The van der Waals surface area contributed by atoms with Gasteiger partial charge in [-0.1, -0.05) is 32.0 Å². The first kappa shape index (κ1) is 16.2. The van der Waals surface area contributed by atoms with E-state index < -0.39 is 0 Å². The van der Waals surface area contributed by atoms with Crippen LogP contribution in [0.3, 0.4) is 0 Å². The van der Waals surface area contributed by atoms with Crippen molar-refractivity contribution in [1.29, 1.82) is 0 Å². The molecule has 0 aliphatic rings. The summed E-state index contributed by atoms with van der Waals surface area (Å²) in [5.74, 6) is 1.53. The fourth-order valence-corrected chi connectivity index (χ4v) is 2.22. The molecule has 1 aromatic heterocycles. The number of thiocarbonyl (C=S) groups is 1. The Kier molecular flexibility index (Phi) is 6.15. The fourth-order valence-electron chi connectivity index (χ4n) is 2.00. The normalized spacial score (nSPS) is 10.3. The van der Waals surface area contributed by atoms with Crippen LogP contribution in [0.25, 0.3) is 0 Å². The van der Waals surface area contributed by atoms with Crippen molar-refractivity contribution in [3.8, 4) is 0 Å². The number of rotatable bonds is 6. The molecule has 4 N–H and O–H groups in total. The lowest BCUT2D eigenvalue weighted by molar-refractivity contribution is -0.361. The topological polar surface area (TPSA) is 50.2 Å². The minimum absolute atomic E-state index is 0.542. The summed E-state index contributed by atoms with van der Waals surface area (Å²) in [5, 5.41) is 10.3. The van der Waals surface area contributed by atoms with Gasteiger partial charge in [0.2, 0.25) is 0 Å². The molecule has 116 valence electrons. The number of aromatic nitrogens is 1. The molecule has 2 rings (SSSR count). The summed E-state index contributed by atoms with van der Waals surface area (Å²) in [6.07, 6.45) is 1.89. The second kappa shape index (κ2) is 8.34. The molecule has 0 radical (unpaired) electrons. The summed E-state index contributed by atoms with van der Waals surface area (Å²) in [4.78, 5) is 3.12. The zero-order chi connectivity index (χ0) is 15.8. The van der Waals surface area contributed by atoms with E-state index >= 15 is 0 Å². The number of pyridine rings is 1. The minimum atomic E-state index is 0.542. The highest BCUT2D eigenvalue weighted by molar-refractivity contribution is 7.80. The maximum Gasteiger partial charge on any atom is 0.272 e. The maximum absolute atomic E-state index is 5.29. The minimum Gasteiger partial charge on any atom is -0.359 e. The van der Waals surface area contributed by atoms with Crippen LogP contribution in [0.15, 0.2) is 48.7 Å². The van der Waals surface area contributed by atoms with E-state index in [1.165, 1.54) is 5.56 Å². The predicted octanol–water partition coefficient (Wildman–Crippen LogP) is 3.02. The highest BCUT2D eigenvalue weighted by Crippen LogP contribution is 2.16. The van der Waals surface area contributed by atoms with Gasteiger partial charge in [-0.15, -0.1) is 0 Å². The van der Waals surface area contributed by atoms with Gasteiger partial charge in [0, 0.05) is 11.8 Å². The fraction of sp³-hybridized carbons (Fsp3) is 0.294. The smallest absolute Gasteiger partial charge is 0.272 e. The molecule has 0 aliphatic heterocycles. The molecule has 0 aliphatic carbocycles. The van der Waals surface area contributed by atoms with Crippen molar-refractivity contribution in [2.24, 2.45) is 0 Å². The molecule has 0 unspecified atom stereocenters. The Bertz CT molecular complexity index is 581. The molecule has 0 bridgehead atoms. The van der Waals surface area contributed by atoms with Gasteiger partial charge < -0.3 is 10.6 Å². The number of hydrogen-bond donors (Lipinski definition) is 3. The van der Waals surface area contributed by atoms with Gasteiger partial charge in [0.1, 0.15) is 6.54 Å². The Morgan fingerprint density at radius 3 is 2.50 bits per heavy atom. The van der Waals surface area contributed by atoms with E-state index in [4.69, 9.17) is 12.2 Å². The van der Waals surface area contributed by atoms with Gasteiger partial charge in [-0.2, -0.15) is 0 Å². The number of hydrogen-bond acceptors (Lipinski definition) is 2. The first-order valence-corrected chi connectivity index (χ1v) is 7.91. The number of anilines is 2. The van der Waals surface area contributed by atoms with Gasteiger partial charge in [0.15, 0.2) is 5.11 Å².